The van der Waals surface area contributed by atoms with Crippen LogP contribution in [0.1, 0.15) is 21.5 Å². The van der Waals surface area contributed by atoms with Crippen molar-refractivity contribution in [1.82, 2.24) is 10.3 Å². The second-order valence-electron chi connectivity index (χ2n) is 6.56. The van der Waals surface area contributed by atoms with Gasteiger partial charge in [-0.1, -0.05) is 42.0 Å². The van der Waals surface area contributed by atoms with E-state index in [1.807, 2.05) is 61.7 Å². The molecule has 1 aromatic heterocycles. The highest BCUT2D eigenvalue weighted by atomic mass is 16.5. The third-order valence-electron chi connectivity index (χ3n) is 4.57. The number of carbonyl (C=O) groups is 1. The minimum atomic E-state index is -0.0688. The standard InChI is InChI=1S/C22H20N2O2/c1-15-5-2-7-17(11-15)22(25)24-14-19-12-16-6-3-9-20(21(16)26-19)18-8-4-10-23-13-18/h2-11,13,19H,12,14H2,1H3,(H,24,25). The van der Waals surface area contributed by atoms with Crippen molar-refractivity contribution in [2.45, 2.75) is 19.4 Å². The molecule has 4 nitrogen and oxygen atoms in total. The molecule has 130 valence electrons. The van der Waals surface area contributed by atoms with Crippen LogP contribution in [-0.4, -0.2) is 23.5 Å². The zero-order chi connectivity index (χ0) is 17.9. The van der Waals surface area contributed by atoms with Crippen LogP contribution in [0.5, 0.6) is 5.75 Å². The van der Waals surface area contributed by atoms with Crippen molar-refractivity contribution in [3.05, 3.63) is 83.7 Å². The molecular formula is C22H20N2O2. The van der Waals surface area contributed by atoms with Crippen LogP contribution in [0.15, 0.2) is 67.0 Å². The molecule has 3 aromatic rings. The van der Waals surface area contributed by atoms with Gasteiger partial charge in [-0.05, 0) is 30.7 Å². The van der Waals surface area contributed by atoms with Crippen LogP contribution in [0.2, 0.25) is 0 Å². The fourth-order valence-corrected chi connectivity index (χ4v) is 3.30. The summed E-state index contributed by atoms with van der Waals surface area (Å²) >= 11 is 0. The van der Waals surface area contributed by atoms with Gasteiger partial charge in [0.25, 0.3) is 5.91 Å². The summed E-state index contributed by atoms with van der Waals surface area (Å²) in [4.78, 5) is 16.5. The Morgan fingerprint density at radius 1 is 1.19 bits per heavy atom. The average Bonchev–Trinajstić information content (AvgIpc) is 3.10. The first-order valence-electron chi connectivity index (χ1n) is 8.74. The van der Waals surface area contributed by atoms with E-state index in [4.69, 9.17) is 4.74 Å². The molecule has 2 heterocycles. The number of aryl methyl sites for hydroxylation is 1. The Labute approximate surface area is 152 Å². The van der Waals surface area contributed by atoms with Gasteiger partial charge < -0.3 is 10.1 Å². The summed E-state index contributed by atoms with van der Waals surface area (Å²) in [7, 11) is 0. The quantitative estimate of drug-likeness (QED) is 0.783. The number of hydrogen-bond donors (Lipinski definition) is 1. The van der Waals surface area contributed by atoms with E-state index in [-0.39, 0.29) is 12.0 Å². The lowest BCUT2D eigenvalue weighted by Crippen LogP contribution is -2.34. The van der Waals surface area contributed by atoms with Gasteiger partial charge in [-0.15, -0.1) is 0 Å². The van der Waals surface area contributed by atoms with Crippen LogP contribution in [0.25, 0.3) is 11.1 Å². The number of nitrogens with one attached hydrogen (secondary N) is 1. The van der Waals surface area contributed by atoms with Crippen LogP contribution in [-0.2, 0) is 6.42 Å². The first-order valence-corrected chi connectivity index (χ1v) is 8.74. The fraction of sp³-hybridized carbons (Fsp3) is 0.182. The van der Waals surface area contributed by atoms with Gasteiger partial charge in [-0.3, -0.25) is 9.78 Å². The molecule has 4 heteroatoms. The molecule has 1 amide bonds. The Morgan fingerprint density at radius 3 is 2.88 bits per heavy atom. The molecule has 4 rings (SSSR count). The summed E-state index contributed by atoms with van der Waals surface area (Å²) in [6, 6.07) is 17.7. The van der Waals surface area contributed by atoms with E-state index in [1.165, 1.54) is 5.56 Å². The fourth-order valence-electron chi connectivity index (χ4n) is 3.30. The van der Waals surface area contributed by atoms with Crippen LogP contribution in [0, 0.1) is 6.92 Å². The second-order valence-corrected chi connectivity index (χ2v) is 6.56. The van der Waals surface area contributed by atoms with E-state index in [2.05, 4.69) is 16.4 Å². The Morgan fingerprint density at radius 2 is 2.08 bits per heavy atom. The molecule has 0 radical (unpaired) electrons. The Balaban J connectivity index is 1.45. The summed E-state index contributed by atoms with van der Waals surface area (Å²) in [5.74, 6) is 0.830. The maximum absolute atomic E-state index is 12.3. The highest BCUT2D eigenvalue weighted by Gasteiger charge is 2.26. The molecule has 1 aliphatic rings. The molecule has 0 spiro atoms. The maximum Gasteiger partial charge on any atom is 0.251 e. The molecule has 1 unspecified atom stereocenters. The lowest BCUT2D eigenvalue weighted by Gasteiger charge is -2.13. The Hall–Kier alpha value is -3.14. The lowest BCUT2D eigenvalue weighted by atomic mass is 10.0. The zero-order valence-electron chi connectivity index (χ0n) is 14.6. The van der Waals surface area contributed by atoms with E-state index in [0.29, 0.717) is 12.1 Å². The summed E-state index contributed by atoms with van der Waals surface area (Å²) in [6.07, 6.45) is 4.33. The third-order valence-corrected chi connectivity index (χ3v) is 4.57. The van der Waals surface area contributed by atoms with Gasteiger partial charge >= 0.3 is 0 Å². The van der Waals surface area contributed by atoms with Crippen LogP contribution in [0.3, 0.4) is 0 Å². The average molecular weight is 344 g/mol. The van der Waals surface area contributed by atoms with Crippen molar-refractivity contribution in [2.75, 3.05) is 6.54 Å². The molecular weight excluding hydrogens is 324 g/mol. The van der Waals surface area contributed by atoms with Crippen LogP contribution >= 0.6 is 0 Å². The summed E-state index contributed by atoms with van der Waals surface area (Å²) in [5.41, 5.74) is 5.00. The van der Waals surface area contributed by atoms with Crippen molar-refractivity contribution >= 4 is 5.91 Å². The molecule has 0 saturated carbocycles. The number of fused-ring (bicyclic) bond motifs is 1. The molecule has 26 heavy (non-hydrogen) atoms. The second kappa shape index (κ2) is 7.00. The molecule has 0 fully saturated rings. The SMILES string of the molecule is Cc1cccc(C(=O)NCC2Cc3cccc(-c4cccnc4)c3O2)c1. The predicted octanol–water partition coefficient (Wildman–Crippen LogP) is 3.79. The number of para-hydroxylation sites is 1. The van der Waals surface area contributed by atoms with Gasteiger partial charge in [0, 0.05) is 35.5 Å². The summed E-state index contributed by atoms with van der Waals surface area (Å²) in [5, 5.41) is 2.99. The molecule has 0 bridgehead atoms. The number of ether oxygens (including phenoxy) is 1. The highest BCUT2D eigenvalue weighted by molar-refractivity contribution is 5.94. The number of amides is 1. The minimum Gasteiger partial charge on any atom is -0.487 e. The number of benzene rings is 2. The van der Waals surface area contributed by atoms with E-state index in [0.717, 1.165) is 28.9 Å². The van der Waals surface area contributed by atoms with Gasteiger partial charge in [0.15, 0.2) is 0 Å². The van der Waals surface area contributed by atoms with Crippen molar-refractivity contribution in [3.8, 4) is 16.9 Å². The number of pyridine rings is 1. The van der Waals surface area contributed by atoms with Gasteiger partial charge in [0.2, 0.25) is 0 Å². The summed E-state index contributed by atoms with van der Waals surface area (Å²) < 4.78 is 6.16. The number of nitrogens with zero attached hydrogens (tertiary/aromatic N) is 1. The first kappa shape index (κ1) is 16.3. The number of aromatic nitrogens is 1. The van der Waals surface area contributed by atoms with Crippen LogP contribution < -0.4 is 10.1 Å². The van der Waals surface area contributed by atoms with Crippen LogP contribution in [0.4, 0.5) is 0 Å². The van der Waals surface area contributed by atoms with Crippen molar-refractivity contribution in [2.24, 2.45) is 0 Å². The van der Waals surface area contributed by atoms with Gasteiger partial charge in [-0.2, -0.15) is 0 Å². The predicted molar refractivity (Wildman–Crippen MR) is 101 cm³/mol. The molecule has 2 aromatic carbocycles. The molecule has 0 saturated heterocycles. The molecule has 1 atom stereocenters. The molecule has 1 N–H and O–H groups in total. The zero-order valence-corrected chi connectivity index (χ0v) is 14.6. The minimum absolute atomic E-state index is 0.0587. The Kier molecular flexibility index (Phi) is 4.40. The van der Waals surface area contributed by atoms with E-state index in [9.17, 15) is 4.79 Å². The van der Waals surface area contributed by atoms with E-state index < -0.39 is 0 Å². The highest BCUT2D eigenvalue weighted by Crippen LogP contribution is 2.38. The molecule has 1 aliphatic heterocycles. The topological polar surface area (TPSA) is 51.2 Å². The van der Waals surface area contributed by atoms with Crippen molar-refractivity contribution in [3.63, 3.8) is 0 Å². The number of rotatable bonds is 4. The van der Waals surface area contributed by atoms with Crippen molar-refractivity contribution in [1.29, 1.82) is 0 Å². The molecule has 0 aliphatic carbocycles. The maximum atomic E-state index is 12.3. The largest absolute Gasteiger partial charge is 0.487 e. The normalized spacial score (nSPS) is 15.2. The van der Waals surface area contributed by atoms with Gasteiger partial charge in [0.05, 0.1) is 6.54 Å². The first-order chi connectivity index (χ1) is 12.7. The van der Waals surface area contributed by atoms with E-state index >= 15 is 0 Å². The summed E-state index contributed by atoms with van der Waals surface area (Å²) in [6.45, 7) is 2.46. The Bertz CT molecular complexity index is 938. The number of carbonyl (C=O) groups excluding carboxylic acids is 1. The number of hydrogen-bond acceptors (Lipinski definition) is 3. The third kappa shape index (κ3) is 3.31. The monoisotopic (exact) mass is 344 g/mol. The van der Waals surface area contributed by atoms with E-state index in [1.54, 1.807) is 6.20 Å². The smallest absolute Gasteiger partial charge is 0.251 e. The van der Waals surface area contributed by atoms with Gasteiger partial charge in [-0.25, -0.2) is 0 Å². The van der Waals surface area contributed by atoms with Crippen molar-refractivity contribution < 1.29 is 9.53 Å². The van der Waals surface area contributed by atoms with Gasteiger partial charge in [0.1, 0.15) is 11.9 Å². The lowest BCUT2D eigenvalue weighted by molar-refractivity contribution is 0.0933.